The number of fused-ring (bicyclic) bond motifs is 1. The van der Waals surface area contributed by atoms with Crippen LogP contribution in [0.15, 0.2) is 0 Å². The van der Waals surface area contributed by atoms with Crippen LogP contribution in [0.4, 0.5) is 0 Å². The second kappa shape index (κ2) is 2.20. The van der Waals surface area contributed by atoms with E-state index < -0.39 is 23.4 Å². The van der Waals surface area contributed by atoms with Crippen molar-refractivity contribution in [3.8, 4) is 0 Å². The summed E-state index contributed by atoms with van der Waals surface area (Å²) >= 11 is 0. The molecule has 0 radical (unpaired) electrons. The van der Waals surface area contributed by atoms with Crippen LogP contribution in [0.25, 0.3) is 0 Å². The molecule has 2 N–H and O–H groups in total. The summed E-state index contributed by atoms with van der Waals surface area (Å²) in [4.78, 5) is 0. The van der Waals surface area contributed by atoms with Crippen molar-refractivity contribution >= 4 is 0 Å². The molecule has 4 heteroatoms. The van der Waals surface area contributed by atoms with E-state index in [1.165, 1.54) is 0 Å². The first-order valence-electron chi connectivity index (χ1n) is 4.15. The van der Waals surface area contributed by atoms with Crippen LogP contribution in [0, 0.1) is 0 Å². The maximum atomic E-state index is 9.58. The van der Waals surface area contributed by atoms with Gasteiger partial charge < -0.3 is 19.7 Å². The quantitative estimate of drug-likeness (QED) is 0.509. The van der Waals surface area contributed by atoms with E-state index in [0.717, 1.165) is 0 Å². The molecule has 4 nitrogen and oxygen atoms in total. The molecule has 0 bridgehead atoms. The Hall–Kier alpha value is -0.160. The predicted octanol–water partition coefficient (Wildman–Crippen LogP) is -0.714. The Kier molecular flexibility index (Phi) is 1.55. The molecule has 2 heterocycles. The lowest BCUT2D eigenvalue weighted by Gasteiger charge is -2.33. The Morgan fingerprint density at radius 2 is 1.33 bits per heavy atom. The summed E-state index contributed by atoms with van der Waals surface area (Å²) < 4.78 is 10.7. The zero-order valence-corrected chi connectivity index (χ0v) is 7.28. The molecule has 0 aromatic carbocycles. The first-order chi connectivity index (χ1) is 5.51. The summed E-state index contributed by atoms with van der Waals surface area (Å²) in [5.74, 6) is 0. The second-order valence-corrected chi connectivity index (χ2v) is 3.87. The minimum absolute atomic E-state index is 0.240. The van der Waals surface area contributed by atoms with Crippen LogP contribution in [-0.4, -0.2) is 46.8 Å². The number of hydrogen-bond donors (Lipinski definition) is 2. The molecule has 0 spiro atoms. The highest BCUT2D eigenvalue weighted by Gasteiger charge is 2.64. The van der Waals surface area contributed by atoms with Crippen molar-refractivity contribution in [2.45, 2.75) is 37.3 Å². The van der Waals surface area contributed by atoms with Crippen molar-refractivity contribution in [1.29, 1.82) is 0 Å². The van der Waals surface area contributed by atoms with Crippen molar-refractivity contribution < 1.29 is 19.7 Å². The van der Waals surface area contributed by atoms with Gasteiger partial charge in [0.15, 0.2) is 0 Å². The molecule has 70 valence electrons. The van der Waals surface area contributed by atoms with Crippen molar-refractivity contribution in [1.82, 2.24) is 0 Å². The van der Waals surface area contributed by atoms with Gasteiger partial charge in [-0.1, -0.05) is 0 Å². The molecule has 0 amide bonds. The number of aliphatic hydroxyl groups is 2. The largest absolute Gasteiger partial charge is 0.388 e. The molecule has 2 aliphatic heterocycles. The lowest BCUT2D eigenvalue weighted by atomic mass is 9.83. The summed E-state index contributed by atoms with van der Waals surface area (Å²) in [5, 5.41) is 19.2. The van der Waals surface area contributed by atoms with E-state index in [4.69, 9.17) is 9.47 Å². The highest BCUT2D eigenvalue weighted by molar-refractivity contribution is 5.13. The number of ether oxygens (including phenoxy) is 2. The van der Waals surface area contributed by atoms with Crippen LogP contribution in [-0.2, 0) is 9.47 Å². The van der Waals surface area contributed by atoms with E-state index in [-0.39, 0.29) is 13.2 Å². The van der Waals surface area contributed by atoms with Gasteiger partial charge in [0.1, 0.15) is 23.4 Å². The molecule has 12 heavy (non-hydrogen) atoms. The van der Waals surface area contributed by atoms with E-state index in [1.807, 2.05) is 0 Å². The van der Waals surface area contributed by atoms with Gasteiger partial charge in [-0.3, -0.25) is 0 Å². The molecule has 2 fully saturated rings. The van der Waals surface area contributed by atoms with Gasteiger partial charge in [0.25, 0.3) is 0 Å². The normalized spacial score (nSPS) is 59.0. The molecule has 0 saturated carbocycles. The van der Waals surface area contributed by atoms with Gasteiger partial charge in [0.05, 0.1) is 13.2 Å². The molecule has 4 atom stereocenters. The smallest absolute Gasteiger partial charge is 0.125 e. The van der Waals surface area contributed by atoms with Crippen LogP contribution in [0.2, 0.25) is 0 Å². The van der Waals surface area contributed by atoms with Crippen LogP contribution < -0.4 is 0 Å². The molecular formula is C8H14O4. The summed E-state index contributed by atoms with van der Waals surface area (Å²) in [6.07, 6.45) is -1.28. The SMILES string of the molecule is C[C@]12OC[C@H](O)[C@@]1(C)OC[C@H]2O. The van der Waals surface area contributed by atoms with Gasteiger partial charge in [0, 0.05) is 0 Å². The molecule has 0 aliphatic carbocycles. The van der Waals surface area contributed by atoms with Crippen molar-refractivity contribution in [2.24, 2.45) is 0 Å². The lowest BCUT2D eigenvalue weighted by molar-refractivity contribution is -0.107. The monoisotopic (exact) mass is 174 g/mol. The average Bonchev–Trinajstić information content (AvgIpc) is 2.39. The third kappa shape index (κ3) is 0.713. The maximum absolute atomic E-state index is 9.58. The van der Waals surface area contributed by atoms with Crippen LogP contribution in [0.5, 0.6) is 0 Å². The van der Waals surface area contributed by atoms with Gasteiger partial charge in [-0.2, -0.15) is 0 Å². The molecule has 2 rings (SSSR count). The minimum atomic E-state index is -0.744. The molecule has 0 aromatic rings. The number of aliphatic hydroxyl groups excluding tert-OH is 2. The van der Waals surface area contributed by atoms with Crippen LogP contribution >= 0.6 is 0 Å². The Balaban J connectivity index is 2.37. The Morgan fingerprint density at radius 3 is 1.67 bits per heavy atom. The third-order valence-electron chi connectivity index (χ3n) is 3.34. The first kappa shape index (κ1) is 8.44. The Bertz CT molecular complexity index is 185. The van der Waals surface area contributed by atoms with Gasteiger partial charge in [-0.15, -0.1) is 0 Å². The highest BCUT2D eigenvalue weighted by atomic mass is 16.6. The van der Waals surface area contributed by atoms with Gasteiger partial charge >= 0.3 is 0 Å². The van der Waals surface area contributed by atoms with Gasteiger partial charge in [-0.25, -0.2) is 0 Å². The standard InChI is InChI=1S/C8H14O4/c1-7-5(9)3-12-8(7,2)6(10)4-11-7/h5-6,9-10H,3-4H2,1-2H3/t5-,6+,7-,8-/m1/s1. The van der Waals surface area contributed by atoms with Crippen LogP contribution in [0.1, 0.15) is 13.8 Å². The predicted molar refractivity (Wildman–Crippen MR) is 40.7 cm³/mol. The second-order valence-electron chi connectivity index (χ2n) is 3.87. The topological polar surface area (TPSA) is 58.9 Å². The van der Waals surface area contributed by atoms with Crippen LogP contribution in [0.3, 0.4) is 0 Å². The minimum Gasteiger partial charge on any atom is -0.388 e. The fourth-order valence-corrected chi connectivity index (χ4v) is 1.96. The third-order valence-corrected chi connectivity index (χ3v) is 3.34. The van der Waals surface area contributed by atoms with E-state index in [2.05, 4.69) is 0 Å². The Morgan fingerprint density at radius 1 is 1.00 bits per heavy atom. The number of hydrogen-bond acceptors (Lipinski definition) is 4. The van der Waals surface area contributed by atoms with E-state index in [1.54, 1.807) is 13.8 Å². The zero-order valence-electron chi connectivity index (χ0n) is 7.28. The molecule has 0 unspecified atom stereocenters. The fourth-order valence-electron chi connectivity index (χ4n) is 1.96. The lowest BCUT2D eigenvalue weighted by Crippen LogP contribution is -2.53. The summed E-state index contributed by atoms with van der Waals surface area (Å²) in [5.41, 5.74) is -1.49. The first-order valence-corrected chi connectivity index (χ1v) is 4.15. The van der Waals surface area contributed by atoms with Crippen molar-refractivity contribution in [3.63, 3.8) is 0 Å². The molecule has 0 aromatic heterocycles. The van der Waals surface area contributed by atoms with Crippen molar-refractivity contribution in [2.75, 3.05) is 13.2 Å². The molecular weight excluding hydrogens is 160 g/mol. The van der Waals surface area contributed by atoms with Crippen molar-refractivity contribution in [3.05, 3.63) is 0 Å². The van der Waals surface area contributed by atoms with E-state index in [9.17, 15) is 10.2 Å². The Labute approximate surface area is 71.1 Å². The number of rotatable bonds is 0. The van der Waals surface area contributed by atoms with Gasteiger partial charge in [0.2, 0.25) is 0 Å². The maximum Gasteiger partial charge on any atom is 0.125 e. The average molecular weight is 174 g/mol. The fraction of sp³-hybridized carbons (Fsp3) is 1.00. The molecule has 2 aliphatic rings. The summed E-state index contributed by atoms with van der Waals surface area (Å²) in [6.45, 7) is 4.04. The highest BCUT2D eigenvalue weighted by Crippen LogP contribution is 2.45. The van der Waals surface area contributed by atoms with E-state index >= 15 is 0 Å². The van der Waals surface area contributed by atoms with E-state index in [0.29, 0.717) is 0 Å². The summed E-state index contributed by atoms with van der Waals surface area (Å²) in [6, 6.07) is 0. The zero-order chi connectivity index (χ0) is 8.98. The molecule has 2 saturated heterocycles. The summed E-state index contributed by atoms with van der Waals surface area (Å²) in [7, 11) is 0. The van der Waals surface area contributed by atoms with Gasteiger partial charge in [-0.05, 0) is 13.8 Å².